The van der Waals surface area contributed by atoms with E-state index in [0.29, 0.717) is 6.04 Å². The van der Waals surface area contributed by atoms with Gasteiger partial charge in [-0.05, 0) is 50.4 Å². The Labute approximate surface area is 176 Å². The number of aromatic nitrogens is 2. The van der Waals surface area contributed by atoms with Crippen LogP contribution in [-0.2, 0) is 17.6 Å². The second-order valence-electron chi connectivity index (χ2n) is 8.37. The summed E-state index contributed by atoms with van der Waals surface area (Å²) in [6.45, 7) is 4.08. The van der Waals surface area contributed by atoms with Gasteiger partial charge >= 0.3 is 6.09 Å². The number of methoxy groups -OCH3 is 1. The molecule has 0 unspecified atom stereocenters. The topological polar surface area (TPSA) is 59.4 Å². The number of amides is 1. The van der Waals surface area contributed by atoms with Gasteiger partial charge in [-0.2, -0.15) is 0 Å². The van der Waals surface area contributed by atoms with Gasteiger partial charge in [-0.25, -0.2) is 9.78 Å². The van der Waals surface area contributed by atoms with Gasteiger partial charge in [0.1, 0.15) is 5.82 Å². The number of carbonyl (C=O) groups is 1. The minimum Gasteiger partial charge on any atom is -0.452 e. The standard InChI is InChI=1S/C24H28N4O2/c1-16-8-9-19-20(27(16)24(29)30-2)10-11-21-23(19)26-22(14-17-6-4-3-5-7-17)28(21)18-12-13-25-15-18/h3-7,10-11,16,18,25H,8-9,12-15H2,1-2H3/t16-,18-/m0/s1. The summed E-state index contributed by atoms with van der Waals surface area (Å²) in [7, 11) is 1.45. The zero-order chi connectivity index (χ0) is 20.7. The second-order valence-corrected chi connectivity index (χ2v) is 8.37. The van der Waals surface area contributed by atoms with Crippen LogP contribution in [0.5, 0.6) is 0 Å². The lowest BCUT2D eigenvalue weighted by Gasteiger charge is -2.34. The van der Waals surface area contributed by atoms with Gasteiger partial charge in [0.2, 0.25) is 0 Å². The van der Waals surface area contributed by atoms with Crippen molar-refractivity contribution in [3.8, 4) is 0 Å². The molecule has 0 saturated carbocycles. The molecule has 1 amide bonds. The summed E-state index contributed by atoms with van der Waals surface area (Å²) in [4.78, 5) is 19.4. The molecule has 156 valence electrons. The lowest BCUT2D eigenvalue weighted by molar-refractivity contribution is 0.175. The number of carbonyl (C=O) groups excluding carboxylic acids is 1. The van der Waals surface area contributed by atoms with Crippen LogP contribution in [-0.4, -0.2) is 41.9 Å². The molecule has 0 radical (unpaired) electrons. The van der Waals surface area contributed by atoms with E-state index in [4.69, 9.17) is 9.72 Å². The summed E-state index contributed by atoms with van der Waals surface area (Å²) in [6, 6.07) is 15.3. The largest absolute Gasteiger partial charge is 0.452 e. The summed E-state index contributed by atoms with van der Waals surface area (Å²) in [5.74, 6) is 1.10. The molecule has 5 rings (SSSR count). The normalized spacial score (nSPS) is 21.1. The molecule has 1 saturated heterocycles. The predicted octanol–water partition coefficient (Wildman–Crippen LogP) is 4.07. The van der Waals surface area contributed by atoms with Gasteiger partial charge in [0.25, 0.3) is 0 Å². The van der Waals surface area contributed by atoms with Crippen molar-refractivity contribution in [2.24, 2.45) is 0 Å². The molecule has 6 heteroatoms. The Kier molecular flexibility index (Phi) is 4.95. The molecule has 0 bridgehead atoms. The van der Waals surface area contributed by atoms with E-state index in [9.17, 15) is 4.79 Å². The highest BCUT2D eigenvalue weighted by atomic mass is 16.5. The Morgan fingerprint density at radius 2 is 2.03 bits per heavy atom. The number of aryl methyl sites for hydroxylation is 1. The van der Waals surface area contributed by atoms with E-state index in [2.05, 4.69) is 53.2 Å². The fraction of sp³-hybridized carbons (Fsp3) is 0.417. The number of anilines is 1. The fourth-order valence-corrected chi connectivity index (χ4v) is 4.99. The van der Waals surface area contributed by atoms with Crippen LogP contribution in [0.15, 0.2) is 42.5 Å². The van der Waals surface area contributed by atoms with Crippen molar-refractivity contribution in [1.29, 1.82) is 0 Å². The fourth-order valence-electron chi connectivity index (χ4n) is 4.99. The van der Waals surface area contributed by atoms with Crippen molar-refractivity contribution in [3.63, 3.8) is 0 Å². The van der Waals surface area contributed by atoms with E-state index in [-0.39, 0.29) is 12.1 Å². The van der Waals surface area contributed by atoms with Crippen molar-refractivity contribution >= 4 is 22.8 Å². The van der Waals surface area contributed by atoms with E-state index >= 15 is 0 Å². The maximum atomic E-state index is 12.5. The van der Waals surface area contributed by atoms with Gasteiger partial charge in [0.05, 0.1) is 23.8 Å². The lowest BCUT2D eigenvalue weighted by Crippen LogP contribution is -2.42. The first-order valence-electron chi connectivity index (χ1n) is 10.8. The third kappa shape index (κ3) is 3.16. The summed E-state index contributed by atoms with van der Waals surface area (Å²) in [6.07, 6.45) is 3.44. The van der Waals surface area contributed by atoms with Gasteiger partial charge in [0.15, 0.2) is 0 Å². The van der Waals surface area contributed by atoms with Crippen LogP contribution >= 0.6 is 0 Å². The number of hydrogen-bond donors (Lipinski definition) is 1. The minimum atomic E-state index is -0.299. The maximum Gasteiger partial charge on any atom is 0.414 e. The summed E-state index contributed by atoms with van der Waals surface area (Å²) >= 11 is 0. The van der Waals surface area contributed by atoms with Gasteiger partial charge < -0.3 is 14.6 Å². The quantitative estimate of drug-likeness (QED) is 0.715. The first-order valence-corrected chi connectivity index (χ1v) is 10.8. The van der Waals surface area contributed by atoms with E-state index in [1.54, 1.807) is 4.90 Å². The molecule has 1 aromatic heterocycles. The predicted molar refractivity (Wildman–Crippen MR) is 118 cm³/mol. The number of imidazole rings is 1. The van der Waals surface area contributed by atoms with Crippen LogP contribution in [0.4, 0.5) is 10.5 Å². The molecule has 0 aliphatic carbocycles. The summed E-state index contributed by atoms with van der Waals surface area (Å²) in [5, 5.41) is 3.50. The third-order valence-corrected chi connectivity index (χ3v) is 6.50. The molecule has 3 aromatic rings. The van der Waals surface area contributed by atoms with Crippen LogP contribution in [0, 0.1) is 0 Å². The smallest absolute Gasteiger partial charge is 0.414 e. The summed E-state index contributed by atoms with van der Waals surface area (Å²) < 4.78 is 7.51. The average molecular weight is 405 g/mol. The molecule has 2 aliphatic rings. The lowest BCUT2D eigenvalue weighted by atomic mass is 9.95. The first-order chi connectivity index (χ1) is 14.7. The number of fused-ring (bicyclic) bond motifs is 3. The van der Waals surface area contributed by atoms with E-state index < -0.39 is 0 Å². The van der Waals surface area contributed by atoms with Crippen LogP contribution in [0.2, 0.25) is 0 Å². The Morgan fingerprint density at radius 1 is 1.20 bits per heavy atom. The first kappa shape index (κ1) is 19.1. The highest BCUT2D eigenvalue weighted by Gasteiger charge is 2.32. The molecule has 1 N–H and O–H groups in total. The highest BCUT2D eigenvalue weighted by molar-refractivity contribution is 5.95. The van der Waals surface area contributed by atoms with Crippen LogP contribution in [0.3, 0.4) is 0 Å². The van der Waals surface area contributed by atoms with Crippen molar-refractivity contribution in [2.45, 2.75) is 44.7 Å². The number of hydrogen-bond acceptors (Lipinski definition) is 4. The molecular formula is C24H28N4O2. The molecule has 2 aliphatic heterocycles. The monoisotopic (exact) mass is 404 g/mol. The van der Waals surface area contributed by atoms with E-state index in [0.717, 1.165) is 61.4 Å². The van der Waals surface area contributed by atoms with Gasteiger partial charge in [0, 0.05) is 30.6 Å². The summed E-state index contributed by atoms with van der Waals surface area (Å²) in [5.41, 5.74) is 5.57. The van der Waals surface area contributed by atoms with Crippen molar-refractivity contribution in [1.82, 2.24) is 14.9 Å². The Hall–Kier alpha value is -2.86. The minimum absolute atomic E-state index is 0.118. The van der Waals surface area contributed by atoms with Crippen LogP contribution < -0.4 is 10.2 Å². The SMILES string of the molecule is COC(=O)N1c2ccc3c(nc(Cc4ccccc4)n3[C@H]3CCNC3)c2CC[C@@H]1C. The van der Waals surface area contributed by atoms with E-state index in [1.807, 2.05) is 6.07 Å². The van der Waals surface area contributed by atoms with Gasteiger partial charge in [-0.15, -0.1) is 0 Å². The number of nitrogens with zero attached hydrogens (tertiary/aromatic N) is 3. The average Bonchev–Trinajstić information content (AvgIpc) is 3.41. The van der Waals surface area contributed by atoms with Crippen LogP contribution in [0.25, 0.3) is 11.0 Å². The zero-order valence-electron chi connectivity index (χ0n) is 17.6. The van der Waals surface area contributed by atoms with E-state index in [1.165, 1.54) is 18.2 Å². The third-order valence-electron chi connectivity index (χ3n) is 6.50. The number of benzene rings is 2. The Morgan fingerprint density at radius 3 is 2.77 bits per heavy atom. The van der Waals surface area contributed by atoms with Crippen molar-refractivity contribution in [2.75, 3.05) is 25.1 Å². The van der Waals surface area contributed by atoms with Crippen molar-refractivity contribution in [3.05, 3.63) is 59.4 Å². The molecular weight excluding hydrogens is 376 g/mol. The van der Waals surface area contributed by atoms with Gasteiger partial charge in [-0.1, -0.05) is 30.3 Å². The number of rotatable bonds is 3. The maximum absolute atomic E-state index is 12.5. The van der Waals surface area contributed by atoms with Gasteiger partial charge in [-0.3, -0.25) is 4.90 Å². The number of ether oxygens (including phenoxy) is 1. The molecule has 2 aromatic carbocycles. The molecule has 1 fully saturated rings. The van der Waals surface area contributed by atoms with Crippen LogP contribution in [0.1, 0.15) is 42.8 Å². The Balaban J connectivity index is 1.67. The molecule has 3 heterocycles. The molecule has 2 atom stereocenters. The molecule has 0 spiro atoms. The highest BCUT2D eigenvalue weighted by Crippen LogP contribution is 2.38. The Bertz CT molecular complexity index is 1070. The number of nitrogens with one attached hydrogen (secondary N) is 1. The van der Waals surface area contributed by atoms with Crippen molar-refractivity contribution < 1.29 is 9.53 Å². The molecule has 6 nitrogen and oxygen atoms in total. The zero-order valence-corrected chi connectivity index (χ0v) is 17.6. The second kappa shape index (κ2) is 7.76. The molecule has 30 heavy (non-hydrogen) atoms.